The second kappa shape index (κ2) is 14.9. The fourth-order valence-electron chi connectivity index (χ4n) is 2.87. The van der Waals surface area contributed by atoms with Gasteiger partial charge < -0.3 is 0 Å². The van der Waals surface area contributed by atoms with E-state index in [1.165, 1.54) is 44.9 Å². The van der Waals surface area contributed by atoms with Crippen LogP contribution in [-0.4, -0.2) is 37.4 Å². The molecule has 0 spiro atoms. The van der Waals surface area contributed by atoms with Gasteiger partial charge in [-0.1, -0.05) is 83.5 Å². The molecule has 0 unspecified atom stereocenters. The zero-order chi connectivity index (χ0) is 19.0. The normalized spacial score (nSPS) is 12.6. The Hall–Kier alpha value is -0.180. The Morgan fingerprint density at radius 3 is 0.680 bits per heavy atom. The molecule has 0 aliphatic heterocycles. The second-order valence-corrected chi connectivity index (χ2v) is 10.0. The molecule has 0 atom stereocenters. The Kier molecular flexibility index (Phi) is 14.8. The first-order chi connectivity index (χ1) is 11.7. The summed E-state index contributed by atoms with van der Waals surface area (Å²) in [5.41, 5.74) is 0. The first-order valence-electron chi connectivity index (χ1n) is 9.61. The van der Waals surface area contributed by atoms with E-state index in [4.69, 9.17) is 9.11 Å². The fourth-order valence-corrected chi connectivity index (χ4v) is 4.00. The summed E-state index contributed by atoms with van der Waals surface area (Å²) in [6.45, 7) is 0. The van der Waals surface area contributed by atoms with Gasteiger partial charge in [0.05, 0.1) is 11.5 Å². The highest BCUT2D eigenvalue weighted by atomic mass is 32.2. The molecule has 0 aliphatic carbocycles. The molecule has 0 rings (SSSR count). The SMILES string of the molecule is O=S(=O)(O)CCCCCCCCCCCCCCCCCS(=O)(=O)O. The number of unbranched alkanes of at least 4 members (excludes halogenated alkanes) is 14. The lowest BCUT2D eigenvalue weighted by Gasteiger charge is -2.03. The van der Waals surface area contributed by atoms with Crippen LogP contribution < -0.4 is 0 Å². The van der Waals surface area contributed by atoms with E-state index < -0.39 is 20.2 Å². The van der Waals surface area contributed by atoms with E-state index in [1.54, 1.807) is 0 Å². The maximum absolute atomic E-state index is 10.5. The number of hydrogen-bond donors (Lipinski definition) is 2. The summed E-state index contributed by atoms with van der Waals surface area (Å²) in [7, 11) is -7.57. The summed E-state index contributed by atoms with van der Waals surface area (Å²) in [5.74, 6) is -0.235. The summed E-state index contributed by atoms with van der Waals surface area (Å²) in [6, 6.07) is 0. The molecule has 0 bridgehead atoms. The quantitative estimate of drug-likeness (QED) is 0.257. The van der Waals surface area contributed by atoms with E-state index in [-0.39, 0.29) is 11.5 Å². The van der Waals surface area contributed by atoms with Gasteiger partial charge in [0.2, 0.25) is 0 Å². The average Bonchev–Trinajstić information content (AvgIpc) is 2.48. The lowest BCUT2D eigenvalue weighted by atomic mass is 10.0. The maximum atomic E-state index is 10.5. The molecule has 0 fully saturated rings. The van der Waals surface area contributed by atoms with Crippen LogP contribution in [0.15, 0.2) is 0 Å². The van der Waals surface area contributed by atoms with Crippen LogP contribution in [0.1, 0.15) is 96.3 Å². The lowest BCUT2D eigenvalue weighted by Crippen LogP contribution is -2.03. The third-order valence-corrected chi connectivity index (χ3v) is 5.91. The minimum atomic E-state index is -3.78. The molecule has 6 nitrogen and oxygen atoms in total. The summed E-state index contributed by atoms with van der Waals surface area (Å²) < 4.78 is 59.4. The van der Waals surface area contributed by atoms with Crippen molar-refractivity contribution in [3.63, 3.8) is 0 Å². The molecule has 0 aromatic carbocycles. The van der Waals surface area contributed by atoms with E-state index in [1.807, 2.05) is 0 Å². The van der Waals surface area contributed by atoms with Crippen LogP contribution in [0.3, 0.4) is 0 Å². The zero-order valence-electron chi connectivity index (χ0n) is 15.4. The second-order valence-electron chi connectivity index (χ2n) is 6.88. The number of hydrogen-bond acceptors (Lipinski definition) is 4. The predicted molar refractivity (Wildman–Crippen MR) is 102 cm³/mol. The molecule has 152 valence electrons. The van der Waals surface area contributed by atoms with Gasteiger partial charge >= 0.3 is 0 Å². The average molecular weight is 401 g/mol. The van der Waals surface area contributed by atoms with Crippen LogP contribution in [0, 0.1) is 0 Å². The van der Waals surface area contributed by atoms with Crippen molar-refractivity contribution in [3.05, 3.63) is 0 Å². The van der Waals surface area contributed by atoms with Crippen molar-refractivity contribution in [1.82, 2.24) is 0 Å². The highest BCUT2D eigenvalue weighted by Crippen LogP contribution is 2.13. The first kappa shape index (κ1) is 24.8. The van der Waals surface area contributed by atoms with Gasteiger partial charge in [0.25, 0.3) is 20.2 Å². The molecule has 2 N–H and O–H groups in total. The Morgan fingerprint density at radius 1 is 0.360 bits per heavy atom. The maximum Gasteiger partial charge on any atom is 0.264 e. The molecule has 8 heteroatoms. The largest absolute Gasteiger partial charge is 0.286 e. The molecule has 0 heterocycles. The van der Waals surface area contributed by atoms with E-state index in [0.717, 1.165) is 38.5 Å². The Bertz CT molecular complexity index is 453. The molecule has 25 heavy (non-hydrogen) atoms. The smallest absolute Gasteiger partial charge is 0.264 e. The van der Waals surface area contributed by atoms with Gasteiger partial charge in [-0.2, -0.15) is 16.8 Å². The summed E-state index contributed by atoms with van der Waals surface area (Å²) in [5, 5.41) is 0. The van der Waals surface area contributed by atoms with Gasteiger partial charge in [-0.15, -0.1) is 0 Å². The van der Waals surface area contributed by atoms with Crippen molar-refractivity contribution in [2.75, 3.05) is 11.5 Å². The van der Waals surface area contributed by atoms with Crippen LogP contribution in [0.4, 0.5) is 0 Å². The molecular formula is C17H36O6S2. The van der Waals surface area contributed by atoms with Gasteiger partial charge in [0.15, 0.2) is 0 Å². The highest BCUT2D eigenvalue weighted by molar-refractivity contribution is 7.86. The van der Waals surface area contributed by atoms with Crippen molar-refractivity contribution in [1.29, 1.82) is 0 Å². The Labute approximate surface area is 154 Å². The van der Waals surface area contributed by atoms with Gasteiger partial charge in [-0.25, -0.2) is 0 Å². The van der Waals surface area contributed by atoms with Crippen LogP contribution in [-0.2, 0) is 20.2 Å². The van der Waals surface area contributed by atoms with Crippen molar-refractivity contribution >= 4 is 20.2 Å². The first-order valence-corrected chi connectivity index (χ1v) is 12.8. The van der Waals surface area contributed by atoms with E-state index in [0.29, 0.717) is 12.8 Å². The zero-order valence-corrected chi connectivity index (χ0v) is 17.0. The molecule has 0 aromatic rings. The molecule has 0 saturated heterocycles. The molecular weight excluding hydrogens is 364 g/mol. The van der Waals surface area contributed by atoms with Crippen LogP contribution in [0.25, 0.3) is 0 Å². The van der Waals surface area contributed by atoms with Crippen molar-refractivity contribution in [2.24, 2.45) is 0 Å². The van der Waals surface area contributed by atoms with Gasteiger partial charge in [-0.05, 0) is 12.8 Å². The van der Waals surface area contributed by atoms with Crippen LogP contribution in [0.5, 0.6) is 0 Å². The molecule has 0 amide bonds. The van der Waals surface area contributed by atoms with Crippen molar-refractivity contribution in [2.45, 2.75) is 96.3 Å². The summed E-state index contributed by atoms with van der Waals surface area (Å²) >= 11 is 0. The highest BCUT2D eigenvalue weighted by Gasteiger charge is 2.03. The minimum absolute atomic E-state index is 0.118. The number of rotatable bonds is 18. The van der Waals surface area contributed by atoms with E-state index in [9.17, 15) is 16.8 Å². The van der Waals surface area contributed by atoms with Crippen LogP contribution >= 0.6 is 0 Å². The Balaban J connectivity index is 3.12. The lowest BCUT2D eigenvalue weighted by molar-refractivity contribution is 0.476. The van der Waals surface area contributed by atoms with E-state index in [2.05, 4.69) is 0 Å². The molecule has 0 aliphatic rings. The van der Waals surface area contributed by atoms with Gasteiger partial charge in [0.1, 0.15) is 0 Å². The van der Waals surface area contributed by atoms with E-state index >= 15 is 0 Å². The minimum Gasteiger partial charge on any atom is -0.286 e. The van der Waals surface area contributed by atoms with Gasteiger partial charge in [-0.3, -0.25) is 9.11 Å². The van der Waals surface area contributed by atoms with Crippen LogP contribution in [0.2, 0.25) is 0 Å². The van der Waals surface area contributed by atoms with Gasteiger partial charge in [0, 0.05) is 0 Å². The third kappa shape index (κ3) is 23.8. The monoisotopic (exact) mass is 400 g/mol. The third-order valence-electron chi connectivity index (χ3n) is 4.30. The molecule has 0 radical (unpaired) electrons. The standard InChI is InChI=1S/C17H36O6S2/c18-24(19,20)16-14-12-10-8-6-4-2-1-3-5-7-9-11-13-15-17-25(21,22)23/h1-17H2,(H,18,19,20)(H,21,22,23). The molecule has 0 saturated carbocycles. The van der Waals surface area contributed by atoms with Crippen molar-refractivity contribution in [3.8, 4) is 0 Å². The Morgan fingerprint density at radius 2 is 0.520 bits per heavy atom. The van der Waals surface area contributed by atoms with Crippen molar-refractivity contribution < 1.29 is 25.9 Å². The predicted octanol–water partition coefficient (Wildman–Crippen LogP) is 4.61. The fraction of sp³-hybridized carbons (Fsp3) is 1.00. The molecule has 0 aromatic heterocycles. The summed E-state index contributed by atoms with van der Waals surface area (Å²) in [4.78, 5) is 0. The topological polar surface area (TPSA) is 109 Å². The summed E-state index contributed by atoms with van der Waals surface area (Å²) in [6.07, 6.45) is 15.8.